The fourth-order valence-corrected chi connectivity index (χ4v) is 3.15. The maximum absolute atomic E-state index is 3.56. The molecule has 2 atom stereocenters. The summed E-state index contributed by atoms with van der Waals surface area (Å²) in [6, 6.07) is 7.59. The second-order valence-corrected chi connectivity index (χ2v) is 7.57. The van der Waals surface area contributed by atoms with E-state index in [1.54, 1.807) is 0 Å². The van der Waals surface area contributed by atoms with Crippen LogP contribution in [-0.4, -0.2) is 18.1 Å². The maximum Gasteiger partial charge on any atom is 0.0398 e. The van der Waals surface area contributed by atoms with Crippen LogP contribution in [0.15, 0.2) is 18.2 Å². The van der Waals surface area contributed by atoms with Crippen LogP contribution in [0.1, 0.15) is 52.2 Å². The average molecular weight is 274 g/mol. The Balaban J connectivity index is 2.10. The van der Waals surface area contributed by atoms with Crippen LogP contribution >= 0.6 is 0 Å². The lowest BCUT2D eigenvalue weighted by atomic mass is 10.1. The van der Waals surface area contributed by atoms with Crippen molar-refractivity contribution in [2.45, 2.75) is 66.1 Å². The minimum absolute atomic E-state index is 0.172. The van der Waals surface area contributed by atoms with Crippen molar-refractivity contribution < 1.29 is 0 Å². The van der Waals surface area contributed by atoms with Crippen LogP contribution in [0.4, 0.5) is 5.69 Å². The van der Waals surface area contributed by atoms with Gasteiger partial charge in [0.1, 0.15) is 0 Å². The van der Waals surface area contributed by atoms with Gasteiger partial charge in [-0.3, -0.25) is 0 Å². The van der Waals surface area contributed by atoms with Crippen LogP contribution in [0.2, 0.25) is 0 Å². The Labute approximate surface area is 124 Å². The van der Waals surface area contributed by atoms with E-state index in [1.807, 2.05) is 0 Å². The first kappa shape index (κ1) is 15.4. The van der Waals surface area contributed by atoms with Gasteiger partial charge in [0.2, 0.25) is 0 Å². The van der Waals surface area contributed by atoms with E-state index in [0.717, 1.165) is 12.5 Å². The summed E-state index contributed by atoms with van der Waals surface area (Å²) in [7, 11) is 0. The molecule has 0 bridgehead atoms. The number of rotatable bonds is 3. The van der Waals surface area contributed by atoms with Crippen molar-refractivity contribution in [3.8, 4) is 0 Å². The maximum atomic E-state index is 3.56. The number of nitrogens with zero attached hydrogens (tertiary/aromatic N) is 1. The Bertz CT molecular complexity index is 459. The largest absolute Gasteiger partial charge is 0.368 e. The van der Waals surface area contributed by atoms with Crippen LogP contribution < -0.4 is 10.2 Å². The molecule has 0 aliphatic carbocycles. The zero-order valence-corrected chi connectivity index (χ0v) is 14.0. The van der Waals surface area contributed by atoms with Gasteiger partial charge in [-0.2, -0.15) is 0 Å². The topological polar surface area (TPSA) is 15.3 Å². The smallest absolute Gasteiger partial charge is 0.0398 e. The van der Waals surface area contributed by atoms with Gasteiger partial charge in [-0.15, -0.1) is 0 Å². The number of anilines is 1. The Morgan fingerprint density at radius 1 is 1.25 bits per heavy atom. The molecule has 20 heavy (non-hydrogen) atoms. The lowest BCUT2D eigenvalue weighted by Gasteiger charge is -2.26. The monoisotopic (exact) mass is 274 g/mol. The van der Waals surface area contributed by atoms with Crippen molar-refractivity contribution in [3.05, 3.63) is 29.3 Å². The highest BCUT2D eigenvalue weighted by Crippen LogP contribution is 2.31. The van der Waals surface area contributed by atoms with E-state index >= 15 is 0 Å². The lowest BCUT2D eigenvalue weighted by molar-refractivity contribution is 0.424. The second-order valence-electron chi connectivity index (χ2n) is 7.57. The van der Waals surface area contributed by atoms with Gasteiger partial charge in [0.15, 0.2) is 0 Å². The minimum Gasteiger partial charge on any atom is -0.368 e. The quantitative estimate of drug-likeness (QED) is 0.892. The molecule has 1 aliphatic rings. The standard InChI is InChI=1S/C18H30N2/c1-13-9-15(3)20(12-13)17-8-7-16(10-14(17)2)11-19-18(4,5)6/h7-8,10,13,15,19H,9,11-12H2,1-6H3. The highest BCUT2D eigenvalue weighted by molar-refractivity contribution is 5.56. The van der Waals surface area contributed by atoms with E-state index in [9.17, 15) is 0 Å². The summed E-state index contributed by atoms with van der Waals surface area (Å²) in [5.41, 5.74) is 4.37. The highest BCUT2D eigenvalue weighted by atomic mass is 15.2. The molecular weight excluding hydrogens is 244 g/mol. The van der Waals surface area contributed by atoms with Crippen molar-refractivity contribution in [2.75, 3.05) is 11.4 Å². The third-order valence-electron chi connectivity index (χ3n) is 4.18. The van der Waals surface area contributed by atoms with Gasteiger partial charge >= 0.3 is 0 Å². The summed E-state index contributed by atoms with van der Waals surface area (Å²) in [5.74, 6) is 0.812. The fourth-order valence-electron chi connectivity index (χ4n) is 3.15. The van der Waals surface area contributed by atoms with Crippen molar-refractivity contribution in [3.63, 3.8) is 0 Å². The number of nitrogens with one attached hydrogen (secondary N) is 1. The third kappa shape index (κ3) is 3.76. The molecule has 0 saturated carbocycles. The van der Waals surface area contributed by atoms with Crippen molar-refractivity contribution >= 4 is 5.69 Å². The average Bonchev–Trinajstić information content (AvgIpc) is 2.65. The molecule has 0 amide bonds. The number of benzene rings is 1. The lowest BCUT2D eigenvalue weighted by Crippen LogP contribution is -2.35. The predicted molar refractivity (Wildman–Crippen MR) is 88.4 cm³/mol. The summed E-state index contributed by atoms with van der Waals surface area (Å²) in [5, 5.41) is 3.56. The van der Waals surface area contributed by atoms with Crippen LogP contribution in [0, 0.1) is 12.8 Å². The molecule has 1 N–H and O–H groups in total. The van der Waals surface area contributed by atoms with Crippen molar-refractivity contribution in [1.82, 2.24) is 5.32 Å². The van der Waals surface area contributed by atoms with Crippen LogP contribution in [0.25, 0.3) is 0 Å². The second kappa shape index (κ2) is 5.77. The third-order valence-corrected chi connectivity index (χ3v) is 4.18. The zero-order valence-electron chi connectivity index (χ0n) is 14.0. The minimum atomic E-state index is 0.172. The van der Waals surface area contributed by atoms with Crippen LogP contribution in [-0.2, 0) is 6.54 Å². The number of aryl methyl sites for hydroxylation is 1. The fraction of sp³-hybridized carbons (Fsp3) is 0.667. The Morgan fingerprint density at radius 3 is 2.45 bits per heavy atom. The molecule has 1 aromatic rings. The number of hydrogen-bond donors (Lipinski definition) is 1. The van der Waals surface area contributed by atoms with E-state index in [4.69, 9.17) is 0 Å². The first-order valence-corrected chi connectivity index (χ1v) is 7.87. The molecule has 1 fully saturated rings. The van der Waals surface area contributed by atoms with Gasteiger partial charge < -0.3 is 10.2 Å². The SMILES string of the molecule is Cc1cc(CNC(C)(C)C)ccc1N1CC(C)CC1C. The van der Waals surface area contributed by atoms with Crippen molar-refractivity contribution in [2.24, 2.45) is 5.92 Å². The molecule has 1 heterocycles. The summed E-state index contributed by atoms with van der Waals surface area (Å²) in [4.78, 5) is 2.57. The molecule has 2 unspecified atom stereocenters. The molecule has 1 aromatic carbocycles. The highest BCUT2D eigenvalue weighted by Gasteiger charge is 2.27. The van der Waals surface area contributed by atoms with Gasteiger partial charge in [-0.25, -0.2) is 0 Å². The zero-order chi connectivity index (χ0) is 14.9. The Kier molecular flexibility index (Phi) is 4.43. The molecule has 0 radical (unpaired) electrons. The summed E-state index contributed by atoms with van der Waals surface area (Å²) >= 11 is 0. The molecule has 1 saturated heterocycles. The summed E-state index contributed by atoms with van der Waals surface area (Å²) in [6.45, 7) is 15.7. The van der Waals surface area contributed by atoms with E-state index < -0.39 is 0 Å². The molecule has 0 spiro atoms. The van der Waals surface area contributed by atoms with Gasteiger partial charge in [0, 0.05) is 30.4 Å². The van der Waals surface area contributed by atoms with Crippen LogP contribution in [0.3, 0.4) is 0 Å². The molecular formula is C18H30N2. The summed E-state index contributed by atoms with van der Waals surface area (Å²) < 4.78 is 0. The van der Waals surface area contributed by atoms with E-state index in [1.165, 1.54) is 29.8 Å². The van der Waals surface area contributed by atoms with Gasteiger partial charge in [0.05, 0.1) is 0 Å². The predicted octanol–water partition coefficient (Wildman–Crippen LogP) is 4.12. The normalized spacial score (nSPS) is 23.4. The van der Waals surface area contributed by atoms with Gasteiger partial charge in [-0.1, -0.05) is 19.1 Å². The van der Waals surface area contributed by atoms with E-state index in [-0.39, 0.29) is 5.54 Å². The van der Waals surface area contributed by atoms with E-state index in [2.05, 4.69) is 70.0 Å². The van der Waals surface area contributed by atoms with Gasteiger partial charge in [0.25, 0.3) is 0 Å². The molecule has 2 nitrogen and oxygen atoms in total. The molecule has 0 aromatic heterocycles. The number of hydrogen-bond acceptors (Lipinski definition) is 2. The molecule has 2 rings (SSSR count). The van der Waals surface area contributed by atoms with Crippen LogP contribution in [0.5, 0.6) is 0 Å². The molecule has 112 valence electrons. The first-order chi connectivity index (χ1) is 9.26. The van der Waals surface area contributed by atoms with E-state index in [0.29, 0.717) is 6.04 Å². The first-order valence-electron chi connectivity index (χ1n) is 7.87. The Hall–Kier alpha value is -1.02. The molecule has 2 heteroatoms. The molecule has 1 aliphatic heterocycles. The Morgan fingerprint density at radius 2 is 1.95 bits per heavy atom. The summed E-state index contributed by atoms with van der Waals surface area (Å²) in [6.07, 6.45) is 1.31. The van der Waals surface area contributed by atoms with Crippen molar-refractivity contribution in [1.29, 1.82) is 0 Å². The van der Waals surface area contributed by atoms with Gasteiger partial charge in [-0.05, 0) is 64.2 Å².